The summed E-state index contributed by atoms with van der Waals surface area (Å²) in [5.41, 5.74) is -2.10. The van der Waals surface area contributed by atoms with Crippen molar-refractivity contribution in [1.29, 1.82) is 0 Å². The van der Waals surface area contributed by atoms with Crippen molar-refractivity contribution >= 4 is 17.5 Å². The number of para-hydroxylation sites is 1. The summed E-state index contributed by atoms with van der Waals surface area (Å²) in [6.07, 6.45) is -8.99. The molecule has 0 aliphatic carbocycles. The molecule has 2 aromatic rings. The fourth-order valence-corrected chi connectivity index (χ4v) is 3.64. The minimum atomic E-state index is -4.72. The number of rotatable bonds is 3. The van der Waals surface area contributed by atoms with Crippen LogP contribution in [0.5, 0.6) is 0 Å². The van der Waals surface area contributed by atoms with Gasteiger partial charge in [-0.1, -0.05) is 24.3 Å². The maximum Gasteiger partial charge on any atom is 0.418 e. The molecule has 1 heterocycles. The number of amides is 2. The van der Waals surface area contributed by atoms with Gasteiger partial charge in [-0.05, 0) is 36.2 Å². The van der Waals surface area contributed by atoms with E-state index in [4.69, 9.17) is 0 Å². The van der Waals surface area contributed by atoms with Gasteiger partial charge < -0.3 is 10.2 Å². The highest BCUT2D eigenvalue weighted by atomic mass is 19.4. The lowest BCUT2D eigenvalue weighted by molar-refractivity contribution is -0.143. The van der Waals surface area contributed by atoms with Crippen LogP contribution in [0.2, 0.25) is 0 Å². The van der Waals surface area contributed by atoms with E-state index < -0.39 is 52.8 Å². The molecule has 0 unspecified atom stereocenters. The highest BCUT2D eigenvalue weighted by Crippen LogP contribution is 2.38. The summed E-state index contributed by atoms with van der Waals surface area (Å²) in [7, 11) is 1.45. The molecule has 0 aromatic heterocycles. The zero-order valence-corrected chi connectivity index (χ0v) is 16.2. The van der Waals surface area contributed by atoms with Gasteiger partial charge in [-0.2, -0.15) is 26.3 Å². The van der Waals surface area contributed by atoms with Gasteiger partial charge in [-0.15, -0.1) is 0 Å². The van der Waals surface area contributed by atoms with E-state index in [-0.39, 0.29) is 13.0 Å². The SMILES string of the molecule is CN1CC[C@H](c2ccc(C(F)(F)F)cc2)[C@@H](C(=O)Nc2ccccc2C(F)(F)F)C1=O. The van der Waals surface area contributed by atoms with Crippen LogP contribution in [-0.2, 0) is 21.9 Å². The molecule has 0 saturated carbocycles. The number of alkyl halides is 6. The summed E-state index contributed by atoms with van der Waals surface area (Å²) in [5, 5.41) is 2.19. The number of piperidine rings is 1. The fraction of sp³-hybridized carbons (Fsp3) is 0.333. The molecule has 10 heteroatoms. The van der Waals surface area contributed by atoms with Gasteiger partial charge in [0.2, 0.25) is 11.8 Å². The third kappa shape index (κ3) is 4.83. The van der Waals surface area contributed by atoms with Crippen LogP contribution in [0, 0.1) is 5.92 Å². The number of carbonyl (C=O) groups excluding carboxylic acids is 2. The van der Waals surface area contributed by atoms with Crippen molar-refractivity contribution < 1.29 is 35.9 Å². The van der Waals surface area contributed by atoms with Crippen LogP contribution < -0.4 is 5.32 Å². The van der Waals surface area contributed by atoms with Crippen LogP contribution in [0.1, 0.15) is 29.0 Å². The largest absolute Gasteiger partial charge is 0.418 e. The van der Waals surface area contributed by atoms with Gasteiger partial charge in [0.15, 0.2) is 0 Å². The number of likely N-dealkylation sites (tertiary alicyclic amines) is 1. The Hall–Kier alpha value is -3.04. The van der Waals surface area contributed by atoms with Gasteiger partial charge in [0.05, 0.1) is 16.8 Å². The number of benzene rings is 2. The Bertz CT molecular complexity index is 969. The van der Waals surface area contributed by atoms with E-state index in [0.717, 1.165) is 24.3 Å². The molecule has 1 aliphatic heterocycles. The van der Waals surface area contributed by atoms with Crippen molar-refractivity contribution in [1.82, 2.24) is 4.90 Å². The molecular weight excluding hydrogens is 426 g/mol. The molecule has 0 bridgehead atoms. The number of carbonyl (C=O) groups is 2. The lowest BCUT2D eigenvalue weighted by atomic mass is 9.79. The molecule has 31 heavy (non-hydrogen) atoms. The van der Waals surface area contributed by atoms with Crippen molar-refractivity contribution in [3.63, 3.8) is 0 Å². The van der Waals surface area contributed by atoms with E-state index in [0.29, 0.717) is 5.56 Å². The van der Waals surface area contributed by atoms with Crippen LogP contribution >= 0.6 is 0 Å². The number of nitrogens with one attached hydrogen (secondary N) is 1. The zero-order valence-electron chi connectivity index (χ0n) is 16.2. The molecule has 0 spiro atoms. The smallest absolute Gasteiger partial charge is 0.345 e. The van der Waals surface area contributed by atoms with E-state index in [1.165, 1.54) is 36.2 Å². The zero-order chi connectivity index (χ0) is 23.0. The highest BCUT2D eigenvalue weighted by Gasteiger charge is 2.42. The Labute approximate surface area is 173 Å². The molecule has 2 amide bonds. The molecule has 2 aromatic carbocycles. The minimum absolute atomic E-state index is 0.257. The van der Waals surface area contributed by atoms with Crippen LogP contribution in [-0.4, -0.2) is 30.3 Å². The quantitative estimate of drug-likeness (QED) is 0.540. The van der Waals surface area contributed by atoms with Crippen LogP contribution in [0.25, 0.3) is 0 Å². The number of hydrogen-bond acceptors (Lipinski definition) is 2. The molecule has 1 aliphatic rings. The molecular formula is C21H18F6N2O2. The van der Waals surface area contributed by atoms with Crippen molar-refractivity contribution in [2.45, 2.75) is 24.7 Å². The highest BCUT2D eigenvalue weighted by molar-refractivity contribution is 6.08. The topological polar surface area (TPSA) is 49.4 Å². The summed E-state index contributed by atoms with van der Waals surface area (Å²) in [5.74, 6) is -3.71. The van der Waals surface area contributed by atoms with E-state index in [1.54, 1.807) is 0 Å². The summed E-state index contributed by atoms with van der Waals surface area (Å²) in [6.45, 7) is 0.257. The summed E-state index contributed by atoms with van der Waals surface area (Å²) in [4.78, 5) is 26.9. The normalized spacial score (nSPS) is 20.0. The van der Waals surface area contributed by atoms with Gasteiger partial charge in [-0.25, -0.2) is 0 Å². The third-order valence-corrected chi connectivity index (χ3v) is 5.26. The van der Waals surface area contributed by atoms with Crippen LogP contribution in [0.4, 0.5) is 32.0 Å². The maximum atomic E-state index is 13.2. The number of nitrogens with zero attached hydrogens (tertiary/aromatic N) is 1. The molecule has 1 N–H and O–H groups in total. The van der Waals surface area contributed by atoms with Gasteiger partial charge in [0.1, 0.15) is 5.92 Å². The predicted molar refractivity (Wildman–Crippen MR) is 100 cm³/mol. The first-order valence-corrected chi connectivity index (χ1v) is 9.29. The standard InChI is InChI=1S/C21H18F6N2O2/c1-29-11-10-14(12-6-8-13(9-7-12)20(22,23)24)17(19(29)31)18(30)28-16-5-3-2-4-15(16)21(25,26)27/h2-9,14,17H,10-11H2,1H3,(H,28,30)/t14-,17+/m1/s1. The Balaban J connectivity index is 1.92. The van der Waals surface area contributed by atoms with Gasteiger partial charge in [-0.3, -0.25) is 9.59 Å². The Morgan fingerprint density at radius 1 is 0.968 bits per heavy atom. The monoisotopic (exact) mass is 444 g/mol. The second kappa shape index (κ2) is 8.24. The number of hydrogen-bond donors (Lipinski definition) is 1. The summed E-state index contributed by atoms with van der Waals surface area (Å²) < 4.78 is 78.2. The molecule has 1 fully saturated rings. The average molecular weight is 444 g/mol. The van der Waals surface area contributed by atoms with E-state index in [1.807, 2.05) is 0 Å². The Kier molecular flexibility index (Phi) is 6.02. The summed E-state index contributed by atoms with van der Waals surface area (Å²) in [6, 6.07) is 8.45. The van der Waals surface area contributed by atoms with Gasteiger partial charge in [0, 0.05) is 19.5 Å². The lowest BCUT2D eigenvalue weighted by Crippen LogP contribution is -2.47. The van der Waals surface area contributed by atoms with Crippen LogP contribution in [0.3, 0.4) is 0 Å². The van der Waals surface area contributed by atoms with Gasteiger partial charge in [0.25, 0.3) is 0 Å². The molecule has 4 nitrogen and oxygen atoms in total. The second-order valence-electron chi connectivity index (χ2n) is 7.28. The Morgan fingerprint density at radius 2 is 1.58 bits per heavy atom. The Morgan fingerprint density at radius 3 is 2.16 bits per heavy atom. The third-order valence-electron chi connectivity index (χ3n) is 5.26. The van der Waals surface area contributed by atoms with Crippen molar-refractivity contribution in [3.8, 4) is 0 Å². The molecule has 166 valence electrons. The number of halogens is 6. The fourth-order valence-electron chi connectivity index (χ4n) is 3.64. The minimum Gasteiger partial charge on any atom is -0.345 e. The summed E-state index contributed by atoms with van der Waals surface area (Å²) >= 11 is 0. The molecule has 1 saturated heterocycles. The van der Waals surface area contributed by atoms with Crippen molar-refractivity contribution in [2.75, 3.05) is 18.9 Å². The lowest BCUT2D eigenvalue weighted by Gasteiger charge is -2.35. The van der Waals surface area contributed by atoms with E-state index >= 15 is 0 Å². The number of anilines is 1. The van der Waals surface area contributed by atoms with Crippen molar-refractivity contribution in [3.05, 3.63) is 65.2 Å². The molecule has 3 rings (SSSR count). The molecule has 2 atom stereocenters. The van der Waals surface area contributed by atoms with E-state index in [9.17, 15) is 35.9 Å². The van der Waals surface area contributed by atoms with E-state index in [2.05, 4.69) is 5.32 Å². The second-order valence-corrected chi connectivity index (χ2v) is 7.28. The van der Waals surface area contributed by atoms with Crippen molar-refractivity contribution in [2.24, 2.45) is 5.92 Å². The first kappa shape index (κ1) is 22.6. The van der Waals surface area contributed by atoms with Crippen LogP contribution in [0.15, 0.2) is 48.5 Å². The predicted octanol–water partition coefficient (Wildman–Crippen LogP) is 4.92. The molecule has 0 radical (unpaired) electrons. The first-order chi connectivity index (χ1) is 14.4. The first-order valence-electron chi connectivity index (χ1n) is 9.29. The maximum absolute atomic E-state index is 13.2. The van der Waals surface area contributed by atoms with Gasteiger partial charge >= 0.3 is 12.4 Å². The average Bonchev–Trinajstić information content (AvgIpc) is 2.69.